The van der Waals surface area contributed by atoms with E-state index in [0.717, 1.165) is 24.2 Å². The first-order valence-electron chi connectivity index (χ1n) is 9.28. The van der Waals surface area contributed by atoms with Crippen LogP contribution in [0.1, 0.15) is 51.8 Å². The molecule has 2 aromatic rings. The summed E-state index contributed by atoms with van der Waals surface area (Å²) in [4.78, 5) is 9.09. The summed E-state index contributed by atoms with van der Waals surface area (Å²) in [6.45, 7) is 5.65. The monoisotopic (exact) mass is 472 g/mol. The standard InChI is InChI=1S/C18H28N6O.HI/c1-3-13-7-5-8-14(11-13)21-18(19-4-2)20-12-16-22-17(24-23-16)15-9-6-10-25-15;/h6,9-10,13-14H,3-5,7-8,11-12H2,1-2H3,(H2,19,20,21)(H,22,23,24);1H. The smallest absolute Gasteiger partial charge is 0.216 e. The lowest BCUT2D eigenvalue weighted by Crippen LogP contribution is -2.45. The van der Waals surface area contributed by atoms with Gasteiger partial charge in [0, 0.05) is 12.6 Å². The second-order valence-corrected chi connectivity index (χ2v) is 6.56. The van der Waals surface area contributed by atoms with Gasteiger partial charge in [0.05, 0.1) is 6.26 Å². The molecule has 2 aromatic heterocycles. The molecule has 0 radical (unpaired) electrons. The minimum absolute atomic E-state index is 0. The summed E-state index contributed by atoms with van der Waals surface area (Å²) in [5.74, 6) is 3.62. The summed E-state index contributed by atoms with van der Waals surface area (Å²) in [6, 6.07) is 4.17. The van der Waals surface area contributed by atoms with Crippen molar-refractivity contribution in [2.45, 2.75) is 58.5 Å². The molecular weight excluding hydrogens is 443 g/mol. The van der Waals surface area contributed by atoms with Crippen LogP contribution in [0.3, 0.4) is 0 Å². The first-order chi connectivity index (χ1) is 12.3. The molecular formula is C18H29IN6O. The van der Waals surface area contributed by atoms with Crippen molar-refractivity contribution < 1.29 is 4.42 Å². The number of nitrogens with zero attached hydrogens (tertiary/aromatic N) is 3. The van der Waals surface area contributed by atoms with Gasteiger partial charge in [-0.2, -0.15) is 0 Å². The number of aliphatic imine (C=N–C) groups is 1. The number of guanidine groups is 1. The first-order valence-corrected chi connectivity index (χ1v) is 9.28. The molecule has 0 saturated heterocycles. The average molecular weight is 472 g/mol. The second kappa shape index (κ2) is 10.5. The molecule has 1 fully saturated rings. The van der Waals surface area contributed by atoms with Crippen molar-refractivity contribution in [3.63, 3.8) is 0 Å². The number of rotatable bonds is 6. The van der Waals surface area contributed by atoms with Crippen molar-refractivity contribution in [1.82, 2.24) is 25.8 Å². The van der Waals surface area contributed by atoms with E-state index >= 15 is 0 Å². The quantitative estimate of drug-likeness (QED) is 0.339. The molecule has 8 heteroatoms. The molecule has 2 heterocycles. The molecule has 2 unspecified atom stereocenters. The van der Waals surface area contributed by atoms with Gasteiger partial charge in [0.15, 0.2) is 11.7 Å². The van der Waals surface area contributed by atoms with Crippen LogP contribution >= 0.6 is 24.0 Å². The van der Waals surface area contributed by atoms with Crippen LogP contribution in [0, 0.1) is 5.92 Å². The highest BCUT2D eigenvalue weighted by Crippen LogP contribution is 2.26. The Balaban J connectivity index is 0.00000243. The van der Waals surface area contributed by atoms with Crippen molar-refractivity contribution in [2.24, 2.45) is 10.9 Å². The van der Waals surface area contributed by atoms with Crippen molar-refractivity contribution in [1.29, 1.82) is 0 Å². The molecule has 1 aliphatic carbocycles. The lowest BCUT2D eigenvalue weighted by Gasteiger charge is -2.30. The van der Waals surface area contributed by atoms with Crippen molar-refractivity contribution in [3.8, 4) is 11.6 Å². The maximum absolute atomic E-state index is 5.31. The van der Waals surface area contributed by atoms with Gasteiger partial charge in [-0.05, 0) is 37.8 Å². The number of H-pyrrole nitrogens is 1. The summed E-state index contributed by atoms with van der Waals surface area (Å²) in [6.07, 6.45) is 7.97. The van der Waals surface area contributed by atoms with Gasteiger partial charge in [0.1, 0.15) is 12.4 Å². The van der Waals surface area contributed by atoms with Gasteiger partial charge in [-0.3, -0.25) is 5.10 Å². The predicted molar refractivity (Wildman–Crippen MR) is 113 cm³/mol. The van der Waals surface area contributed by atoms with E-state index in [1.807, 2.05) is 12.1 Å². The number of aromatic nitrogens is 3. The van der Waals surface area contributed by atoms with Crippen LogP contribution < -0.4 is 10.6 Å². The summed E-state index contributed by atoms with van der Waals surface area (Å²) >= 11 is 0. The zero-order valence-electron chi connectivity index (χ0n) is 15.5. The topological polar surface area (TPSA) is 91.1 Å². The normalized spacial score (nSPS) is 20.5. The SMILES string of the molecule is CCNC(=NCc1nc(-c2ccco2)n[nH]1)NC1CCCC(CC)C1.I. The van der Waals surface area contributed by atoms with Gasteiger partial charge in [-0.1, -0.05) is 26.2 Å². The number of halogens is 1. The molecule has 3 rings (SSSR count). The highest BCUT2D eigenvalue weighted by molar-refractivity contribution is 14.0. The molecule has 0 spiro atoms. The van der Waals surface area contributed by atoms with E-state index in [9.17, 15) is 0 Å². The Morgan fingerprint density at radius 3 is 3.00 bits per heavy atom. The maximum atomic E-state index is 5.31. The van der Waals surface area contributed by atoms with Crippen LogP contribution in [0.4, 0.5) is 0 Å². The number of hydrogen-bond donors (Lipinski definition) is 3. The van der Waals surface area contributed by atoms with E-state index < -0.39 is 0 Å². The number of hydrogen-bond acceptors (Lipinski definition) is 4. The highest BCUT2D eigenvalue weighted by Gasteiger charge is 2.21. The van der Waals surface area contributed by atoms with E-state index in [1.165, 1.54) is 32.1 Å². The van der Waals surface area contributed by atoms with E-state index in [0.29, 0.717) is 24.2 Å². The Morgan fingerprint density at radius 2 is 2.27 bits per heavy atom. The highest BCUT2D eigenvalue weighted by atomic mass is 127. The number of furan rings is 1. The second-order valence-electron chi connectivity index (χ2n) is 6.56. The third kappa shape index (κ3) is 5.72. The van der Waals surface area contributed by atoms with E-state index in [-0.39, 0.29) is 24.0 Å². The third-order valence-electron chi connectivity index (χ3n) is 4.71. The Labute approximate surface area is 171 Å². The van der Waals surface area contributed by atoms with Crippen LogP contribution in [-0.4, -0.2) is 33.7 Å². The summed E-state index contributed by atoms with van der Waals surface area (Å²) in [7, 11) is 0. The summed E-state index contributed by atoms with van der Waals surface area (Å²) < 4.78 is 5.31. The molecule has 0 aliphatic heterocycles. The fraction of sp³-hybridized carbons (Fsp3) is 0.611. The summed E-state index contributed by atoms with van der Waals surface area (Å²) in [5.41, 5.74) is 0. The van der Waals surface area contributed by atoms with Gasteiger partial charge < -0.3 is 15.1 Å². The van der Waals surface area contributed by atoms with E-state index in [2.05, 4.69) is 44.7 Å². The zero-order chi connectivity index (χ0) is 17.5. The molecule has 144 valence electrons. The Bertz CT molecular complexity index is 669. The maximum Gasteiger partial charge on any atom is 0.216 e. The third-order valence-corrected chi connectivity index (χ3v) is 4.71. The molecule has 0 bridgehead atoms. The first kappa shape index (κ1) is 20.7. The Morgan fingerprint density at radius 1 is 1.38 bits per heavy atom. The molecule has 1 aliphatic rings. The van der Waals surface area contributed by atoms with Gasteiger partial charge >= 0.3 is 0 Å². The van der Waals surface area contributed by atoms with Crippen LogP contribution in [-0.2, 0) is 6.54 Å². The van der Waals surface area contributed by atoms with E-state index in [1.54, 1.807) is 6.26 Å². The van der Waals surface area contributed by atoms with Gasteiger partial charge in [-0.15, -0.1) is 29.1 Å². The largest absolute Gasteiger partial charge is 0.461 e. The zero-order valence-corrected chi connectivity index (χ0v) is 17.8. The number of aromatic amines is 1. The van der Waals surface area contributed by atoms with Crippen molar-refractivity contribution in [2.75, 3.05) is 6.54 Å². The fourth-order valence-electron chi connectivity index (χ4n) is 3.34. The molecule has 7 nitrogen and oxygen atoms in total. The Kier molecular flexibility index (Phi) is 8.40. The minimum atomic E-state index is 0. The lowest BCUT2D eigenvalue weighted by atomic mass is 9.84. The molecule has 2 atom stereocenters. The Hall–Kier alpha value is -1.58. The van der Waals surface area contributed by atoms with E-state index in [4.69, 9.17) is 4.42 Å². The van der Waals surface area contributed by atoms with Gasteiger partial charge in [0.25, 0.3) is 0 Å². The minimum Gasteiger partial charge on any atom is -0.461 e. The van der Waals surface area contributed by atoms with Crippen LogP contribution in [0.15, 0.2) is 27.8 Å². The van der Waals surface area contributed by atoms with Crippen LogP contribution in [0.2, 0.25) is 0 Å². The summed E-state index contributed by atoms with van der Waals surface area (Å²) in [5, 5.41) is 14.0. The van der Waals surface area contributed by atoms with Crippen molar-refractivity contribution in [3.05, 3.63) is 24.2 Å². The molecule has 0 amide bonds. The molecule has 1 saturated carbocycles. The van der Waals surface area contributed by atoms with Crippen LogP contribution in [0.5, 0.6) is 0 Å². The van der Waals surface area contributed by atoms with Crippen molar-refractivity contribution >= 4 is 29.9 Å². The molecule has 0 aromatic carbocycles. The lowest BCUT2D eigenvalue weighted by molar-refractivity contribution is 0.298. The van der Waals surface area contributed by atoms with Gasteiger partial charge in [-0.25, -0.2) is 9.98 Å². The predicted octanol–water partition coefficient (Wildman–Crippen LogP) is 3.71. The molecule has 3 N–H and O–H groups in total. The average Bonchev–Trinajstić information content (AvgIpc) is 3.31. The molecule has 26 heavy (non-hydrogen) atoms. The fourth-order valence-corrected chi connectivity index (χ4v) is 3.34. The number of nitrogens with one attached hydrogen (secondary N) is 3. The van der Waals surface area contributed by atoms with Gasteiger partial charge in [0.2, 0.25) is 5.82 Å². The van der Waals surface area contributed by atoms with Crippen LogP contribution in [0.25, 0.3) is 11.6 Å².